The quantitative estimate of drug-likeness (QED) is 0.800. The molecule has 0 aliphatic carbocycles. The van der Waals surface area contributed by atoms with E-state index in [0.29, 0.717) is 25.1 Å². The molecule has 0 bridgehead atoms. The van der Waals surface area contributed by atoms with Crippen molar-refractivity contribution >= 4 is 15.9 Å². The zero-order chi connectivity index (χ0) is 16.7. The molecule has 2 N–H and O–H groups in total. The summed E-state index contributed by atoms with van der Waals surface area (Å²) in [4.78, 5) is 16.2. The van der Waals surface area contributed by atoms with Crippen LogP contribution in [0.1, 0.15) is 22.8 Å². The molecule has 0 aliphatic rings. The minimum atomic E-state index is -3.49. The van der Waals surface area contributed by atoms with Crippen molar-refractivity contribution in [1.82, 2.24) is 15.0 Å². The topological polar surface area (TPSA) is 88.2 Å². The number of hydrogen-bond donors (Lipinski definition) is 2. The van der Waals surface area contributed by atoms with E-state index in [4.69, 9.17) is 0 Å². The van der Waals surface area contributed by atoms with Gasteiger partial charge in [0.05, 0.1) is 4.90 Å². The Balaban J connectivity index is 1.93. The van der Waals surface area contributed by atoms with Gasteiger partial charge in [0.15, 0.2) is 0 Å². The van der Waals surface area contributed by atoms with Gasteiger partial charge in [-0.25, -0.2) is 13.1 Å². The van der Waals surface area contributed by atoms with E-state index in [0.717, 1.165) is 5.56 Å². The van der Waals surface area contributed by atoms with Crippen molar-refractivity contribution < 1.29 is 13.2 Å². The van der Waals surface area contributed by atoms with Crippen LogP contribution >= 0.6 is 0 Å². The molecule has 0 saturated heterocycles. The number of nitrogens with one attached hydrogen (secondary N) is 2. The molecule has 0 atom stereocenters. The highest BCUT2D eigenvalue weighted by Crippen LogP contribution is 2.10. The van der Waals surface area contributed by atoms with E-state index in [1.165, 1.54) is 24.3 Å². The molecule has 0 aliphatic heterocycles. The Morgan fingerprint density at radius 2 is 1.91 bits per heavy atom. The Morgan fingerprint density at radius 1 is 1.17 bits per heavy atom. The van der Waals surface area contributed by atoms with Gasteiger partial charge < -0.3 is 5.32 Å². The molecule has 2 aromatic rings. The average Bonchev–Trinajstić information content (AvgIpc) is 2.56. The summed E-state index contributed by atoms with van der Waals surface area (Å²) in [5, 5.41) is 2.80. The van der Waals surface area contributed by atoms with Gasteiger partial charge in [-0.15, -0.1) is 0 Å². The number of sulfonamides is 1. The Bertz CT molecular complexity index is 744. The van der Waals surface area contributed by atoms with Crippen LogP contribution in [0.25, 0.3) is 0 Å². The molecule has 1 amide bonds. The number of carbonyl (C=O) groups excluding carboxylic acids is 1. The molecule has 0 unspecified atom stereocenters. The number of aromatic nitrogens is 1. The predicted molar refractivity (Wildman–Crippen MR) is 87.6 cm³/mol. The maximum Gasteiger partial charge on any atom is 0.251 e. The summed E-state index contributed by atoms with van der Waals surface area (Å²) in [7, 11) is -3.49. The van der Waals surface area contributed by atoms with Crippen LogP contribution in [0.15, 0.2) is 53.7 Å². The summed E-state index contributed by atoms with van der Waals surface area (Å²) in [6, 6.07) is 9.65. The van der Waals surface area contributed by atoms with Gasteiger partial charge in [0, 0.05) is 31.0 Å². The van der Waals surface area contributed by atoms with Crippen LogP contribution in [0.3, 0.4) is 0 Å². The number of benzene rings is 1. The van der Waals surface area contributed by atoms with Gasteiger partial charge in [-0.1, -0.05) is 13.0 Å². The zero-order valence-electron chi connectivity index (χ0n) is 12.8. The van der Waals surface area contributed by atoms with Crippen LogP contribution in [0.4, 0.5) is 0 Å². The first-order chi connectivity index (χ1) is 11.0. The smallest absolute Gasteiger partial charge is 0.251 e. The standard InChI is InChI=1S/C16H19N3O3S/c1-2-19-23(21,22)15-7-5-14(6-8-15)16(20)18-11-9-13-4-3-10-17-12-13/h3-8,10,12,19H,2,9,11H2,1H3,(H,18,20). The third-order valence-electron chi connectivity index (χ3n) is 3.18. The third-order valence-corrected chi connectivity index (χ3v) is 4.74. The third kappa shape index (κ3) is 4.87. The van der Waals surface area contributed by atoms with Crippen molar-refractivity contribution in [1.29, 1.82) is 0 Å². The van der Waals surface area contributed by atoms with Gasteiger partial charge in [-0.2, -0.15) is 0 Å². The lowest BCUT2D eigenvalue weighted by Gasteiger charge is -2.07. The molecule has 0 saturated carbocycles. The van der Waals surface area contributed by atoms with Crippen LogP contribution in [-0.2, 0) is 16.4 Å². The van der Waals surface area contributed by atoms with Crippen molar-refractivity contribution in [2.75, 3.05) is 13.1 Å². The Kier molecular flexibility index (Phi) is 5.84. The lowest BCUT2D eigenvalue weighted by atomic mass is 10.2. The summed E-state index contributed by atoms with van der Waals surface area (Å²) < 4.78 is 26.1. The minimum Gasteiger partial charge on any atom is -0.352 e. The van der Waals surface area contributed by atoms with Crippen molar-refractivity contribution in [3.05, 3.63) is 59.9 Å². The van der Waals surface area contributed by atoms with Gasteiger partial charge >= 0.3 is 0 Å². The van der Waals surface area contributed by atoms with Gasteiger partial charge in [0.25, 0.3) is 5.91 Å². The average molecular weight is 333 g/mol. The van der Waals surface area contributed by atoms with Crippen LogP contribution in [0.2, 0.25) is 0 Å². The highest BCUT2D eigenvalue weighted by Gasteiger charge is 2.13. The first-order valence-electron chi connectivity index (χ1n) is 7.30. The summed E-state index contributed by atoms with van der Waals surface area (Å²) in [6.45, 7) is 2.52. The second-order valence-electron chi connectivity index (χ2n) is 4.89. The van der Waals surface area contributed by atoms with Crippen molar-refractivity contribution in [3.63, 3.8) is 0 Å². The Morgan fingerprint density at radius 3 is 2.52 bits per heavy atom. The minimum absolute atomic E-state index is 0.145. The molecule has 122 valence electrons. The molecular formula is C16H19N3O3S. The predicted octanol–water partition coefficient (Wildman–Crippen LogP) is 1.35. The van der Waals surface area contributed by atoms with Gasteiger partial charge in [-0.3, -0.25) is 9.78 Å². The van der Waals surface area contributed by atoms with Gasteiger partial charge in [-0.05, 0) is 42.3 Å². The fourth-order valence-corrected chi connectivity index (χ4v) is 3.07. The highest BCUT2D eigenvalue weighted by atomic mass is 32.2. The molecule has 0 radical (unpaired) electrons. The van der Waals surface area contributed by atoms with Crippen LogP contribution < -0.4 is 10.0 Å². The van der Waals surface area contributed by atoms with Crippen LogP contribution in [0.5, 0.6) is 0 Å². The first-order valence-corrected chi connectivity index (χ1v) is 8.78. The molecule has 1 heterocycles. The van der Waals surface area contributed by atoms with Gasteiger partial charge in [0.1, 0.15) is 0 Å². The molecule has 2 rings (SSSR count). The fourth-order valence-electron chi connectivity index (χ4n) is 2.03. The van der Waals surface area contributed by atoms with E-state index < -0.39 is 10.0 Å². The Hall–Kier alpha value is -2.25. The van der Waals surface area contributed by atoms with E-state index in [1.54, 1.807) is 19.3 Å². The summed E-state index contributed by atoms with van der Waals surface area (Å²) in [5.74, 6) is -0.235. The van der Waals surface area contributed by atoms with Crippen LogP contribution in [0, 0.1) is 0 Å². The Labute approximate surface area is 136 Å². The highest BCUT2D eigenvalue weighted by molar-refractivity contribution is 7.89. The number of rotatable bonds is 7. The molecule has 7 heteroatoms. The molecular weight excluding hydrogens is 314 g/mol. The van der Waals surface area contributed by atoms with E-state index >= 15 is 0 Å². The van der Waals surface area contributed by atoms with Crippen molar-refractivity contribution in [2.45, 2.75) is 18.2 Å². The summed E-state index contributed by atoms with van der Waals surface area (Å²) >= 11 is 0. The van der Waals surface area contributed by atoms with E-state index in [-0.39, 0.29) is 10.8 Å². The van der Waals surface area contributed by atoms with Crippen molar-refractivity contribution in [2.24, 2.45) is 0 Å². The molecule has 0 spiro atoms. The molecule has 1 aromatic carbocycles. The number of pyridine rings is 1. The number of nitrogens with zero attached hydrogens (tertiary/aromatic N) is 1. The molecule has 0 fully saturated rings. The van der Waals surface area contributed by atoms with E-state index in [1.807, 2.05) is 12.1 Å². The summed E-state index contributed by atoms with van der Waals surface area (Å²) in [5.41, 5.74) is 1.46. The second kappa shape index (κ2) is 7.85. The normalized spacial score (nSPS) is 11.2. The lowest BCUT2D eigenvalue weighted by Crippen LogP contribution is -2.26. The molecule has 23 heavy (non-hydrogen) atoms. The van der Waals surface area contributed by atoms with Crippen molar-refractivity contribution in [3.8, 4) is 0 Å². The SMILES string of the molecule is CCNS(=O)(=O)c1ccc(C(=O)NCCc2cccnc2)cc1. The zero-order valence-corrected chi connectivity index (χ0v) is 13.6. The fraction of sp³-hybridized carbons (Fsp3) is 0.250. The van der Waals surface area contributed by atoms with E-state index in [2.05, 4.69) is 15.0 Å². The first kappa shape index (κ1) is 17.1. The number of carbonyl (C=O) groups is 1. The summed E-state index contributed by atoms with van der Waals surface area (Å²) in [6.07, 6.45) is 4.14. The van der Waals surface area contributed by atoms with E-state index in [9.17, 15) is 13.2 Å². The maximum absolute atomic E-state index is 12.0. The second-order valence-corrected chi connectivity index (χ2v) is 6.66. The molecule has 1 aromatic heterocycles. The van der Waals surface area contributed by atoms with Gasteiger partial charge in [0.2, 0.25) is 10.0 Å². The monoisotopic (exact) mass is 333 g/mol. The lowest BCUT2D eigenvalue weighted by molar-refractivity contribution is 0.0954. The number of hydrogen-bond acceptors (Lipinski definition) is 4. The number of amides is 1. The molecule has 6 nitrogen and oxygen atoms in total. The van der Waals surface area contributed by atoms with Crippen LogP contribution in [-0.4, -0.2) is 32.4 Å². The maximum atomic E-state index is 12.0. The largest absolute Gasteiger partial charge is 0.352 e.